The maximum Gasteiger partial charge on any atom is 0.129 e. The van der Waals surface area contributed by atoms with Gasteiger partial charge in [-0.15, -0.1) is 0 Å². The first-order valence-electron chi connectivity index (χ1n) is 6.71. The van der Waals surface area contributed by atoms with Gasteiger partial charge >= 0.3 is 0 Å². The summed E-state index contributed by atoms with van der Waals surface area (Å²) in [6, 6.07) is 6.54. The highest BCUT2D eigenvalue weighted by atomic mass is 35.5. The first kappa shape index (κ1) is 15.0. The van der Waals surface area contributed by atoms with Crippen molar-refractivity contribution >= 4 is 11.6 Å². The molecule has 0 amide bonds. The Morgan fingerprint density at radius 2 is 2.15 bits per heavy atom. The smallest absolute Gasteiger partial charge is 0.129 e. The summed E-state index contributed by atoms with van der Waals surface area (Å²) in [5.74, 6) is -0.301. The van der Waals surface area contributed by atoms with E-state index in [1.807, 2.05) is 20.0 Å². The molecule has 1 aromatic heterocycles. The van der Waals surface area contributed by atoms with Gasteiger partial charge in [-0.2, -0.15) is 5.10 Å². The summed E-state index contributed by atoms with van der Waals surface area (Å²) in [6.45, 7) is 4.81. The summed E-state index contributed by atoms with van der Waals surface area (Å²) < 4.78 is 16.0. The number of rotatable bonds is 5. The van der Waals surface area contributed by atoms with E-state index >= 15 is 0 Å². The Morgan fingerprint density at radius 3 is 2.70 bits per heavy atom. The SMILES string of the molecule is CCCNC(c1ccc(Cl)cc1F)c1cc(C)nn1C. The van der Waals surface area contributed by atoms with Crippen LogP contribution in [0.1, 0.15) is 36.3 Å². The van der Waals surface area contributed by atoms with Gasteiger partial charge in [-0.05, 0) is 38.1 Å². The van der Waals surface area contributed by atoms with Crippen LogP contribution in [0.5, 0.6) is 0 Å². The lowest BCUT2D eigenvalue weighted by molar-refractivity contribution is 0.520. The molecular weight excluding hydrogens is 277 g/mol. The van der Waals surface area contributed by atoms with Crippen molar-refractivity contribution in [2.75, 3.05) is 6.54 Å². The van der Waals surface area contributed by atoms with Gasteiger partial charge in [0.2, 0.25) is 0 Å². The van der Waals surface area contributed by atoms with Crippen LogP contribution in [0.15, 0.2) is 24.3 Å². The van der Waals surface area contributed by atoms with Gasteiger partial charge in [-0.3, -0.25) is 4.68 Å². The fourth-order valence-electron chi connectivity index (χ4n) is 2.30. The Labute approximate surface area is 123 Å². The predicted molar refractivity (Wildman–Crippen MR) is 79.5 cm³/mol. The van der Waals surface area contributed by atoms with Gasteiger partial charge < -0.3 is 5.32 Å². The van der Waals surface area contributed by atoms with E-state index in [4.69, 9.17) is 11.6 Å². The average Bonchev–Trinajstić information content (AvgIpc) is 2.71. The number of benzene rings is 1. The topological polar surface area (TPSA) is 29.9 Å². The average molecular weight is 296 g/mol. The molecule has 2 aromatic rings. The van der Waals surface area contributed by atoms with E-state index in [-0.39, 0.29) is 11.9 Å². The van der Waals surface area contributed by atoms with Crippen LogP contribution in [0.3, 0.4) is 0 Å². The molecule has 1 N–H and O–H groups in total. The molecule has 3 nitrogen and oxygen atoms in total. The van der Waals surface area contributed by atoms with Crippen molar-refractivity contribution < 1.29 is 4.39 Å². The Bertz CT molecular complexity index is 595. The minimum atomic E-state index is -0.301. The minimum Gasteiger partial charge on any atom is -0.305 e. The molecule has 1 aromatic carbocycles. The fourth-order valence-corrected chi connectivity index (χ4v) is 2.46. The second-order valence-electron chi connectivity index (χ2n) is 4.89. The van der Waals surface area contributed by atoms with E-state index in [0.717, 1.165) is 24.4 Å². The number of aryl methyl sites for hydroxylation is 2. The van der Waals surface area contributed by atoms with Gasteiger partial charge in [-0.1, -0.05) is 24.6 Å². The Balaban J connectivity index is 2.44. The number of aromatic nitrogens is 2. The molecule has 1 unspecified atom stereocenters. The summed E-state index contributed by atoms with van der Waals surface area (Å²) in [7, 11) is 1.87. The summed E-state index contributed by atoms with van der Waals surface area (Å²) in [5, 5.41) is 8.12. The fraction of sp³-hybridized carbons (Fsp3) is 0.400. The predicted octanol–water partition coefficient (Wildman–Crippen LogP) is 3.61. The molecule has 0 saturated carbocycles. The number of nitrogens with one attached hydrogen (secondary N) is 1. The molecule has 0 fully saturated rings. The first-order chi connectivity index (χ1) is 9.52. The zero-order chi connectivity index (χ0) is 14.7. The van der Waals surface area contributed by atoms with E-state index in [9.17, 15) is 4.39 Å². The Hall–Kier alpha value is -1.39. The molecule has 1 heterocycles. The molecule has 0 aliphatic heterocycles. The monoisotopic (exact) mass is 295 g/mol. The van der Waals surface area contributed by atoms with Gasteiger partial charge in [-0.25, -0.2) is 4.39 Å². The zero-order valence-electron chi connectivity index (χ0n) is 12.0. The molecular formula is C15H19ClFN3. The number of hydrogen-bond acceptors (Lipinski definition) is 2. The van der Waals surface area contributed by atoms with Gasteiger partial charge in [0.1, 0.15) is 5.82 Å². The van der Waals surface area contributed by atoms with Crippen molar-refractivity contribution in [3.05, 3.63) is 52.1 Å². The Kier molecular flexibility index (Phi) is 4.78. The van der Waals surface area contributed by atoms with E-state index in [1.165, 1.54) is 6.07 Å². The maximum absolute atomic E-state index is 14.2. The summed E-state index contributed by atoms with van der Waals surface area (Å²) >= 11 is 5.83. The molecule has 0 radical (unpaired) electrons. The minimum absolute atomic E-state index is 0.224. The van der Waals surface area contributed by atoms with Crippen molar-refractivity contribution in [1.82, 2.24) is 15.1 Å². The number of halogens is 2. The lowest BCUT2D eigenvalue weighted by Crippen LogP contribution is -2.26. The molecule has 20 heavy (non-hydrogen) atoms. The summed E-state index contributed by atoms with van der Waals surface area (Å²) in [5.41, 5.74) is 2.45. The van der Waals surface area contributed by atoms with Gasteiger partial charge in [0.05, 0.1) is 17.4 Å². The van der Waals surface area contributed by atoms with Crippen LogP contribution in [0.2, 0.25) is 5.02 Å². The second kappa shape index (κ2) is 6.37. The third-order valence-electron chi connectivity index (χ3n) is 3.21. The normalized spacial score (nSPS) is 12.7. The van der Waals surface area contributed by atoms with Gasteiger partial charge in [0, 0.05) is 17.6 Å². The second-order valence-corrected chi connectivity index (χ2v) is 5.32. The van der Waals surface area contributed by atoms with Gasteiger partial charge in [0.25, 0.3) is 0 Å². The highest BCUT2D eigenvalue weighted by Gasteiger charge is 2.21. The van der Waals surface area contributed by atoms with Crippen molar-refractivity contribution in [2.24, 2.45) is 7.05 Å². The van der Waals surface area contributed by atoms with Crippen LogP contribution >= 0.6 is 11.6 Å². The molecule has 2 rings (SSSR count). The molecule has 0 spiro atoms. The van der Waals surface area contributed by atoms with Crippen LogP contribution in [-0.2, 0) is 7.05 Å². The maximum atomic E-state index is 14.2. The molecule has 0 saturated heterocycles. The molecule has 5 heteroatoms. The molecule has 0 aliphatic carbocycles. The third-order valence-corrected chi connectivity index (χ3v) is 3.44. The lowest BCUT2D eigenvalue weighted by Gasteiger charge is -2.20. The van der Waals surface area contributed by atoms with Crippen molar-refractivity contribution in [2.45, 2.75) is 26.3 Å². The summed E-state index contributed by atoms with van der Waals surface area (Å²) in [6.07, 6.45) is 0.975. The standard InChI is InChI=1S/C15H19ClFN3/c1-4-7-18-15(14-8-10(2)19-20(14)3)12-6-5-11(16)9-13(12)17/h5-6,8-9,15,18H,4,7H2,1-3H3. The van der Waals surface area contributed by atoms with Crippen molar-refractivity contribution in [1.29, 1.82) is 0 Å². The Morgan fingerprint density at radius 1 is 1.40 bits per heavy atom. The molecule has 0 bridgehead atoms. The van der Waals surface area contributed by atoms with Crippen LogP contribution < -0.4 is 5.32 Å². The lowest BCUT2D eigenvalue weighted by atomic mass is 10.0. The van der Waals surface area contributed by atoms with E-state index in [1.54, 1.807) is 16.8 Å². The van der Waals surface area contributed by atoms with Crippen LogP contribution in [0.25, 0.3) is 0 Å². The van der Waals surface area contributed by atoms with Crippen molar-refractivity contribution in [3.63, 3.8) is 0 Å². The van der Waals surface area contributed by atoms with E-state index in [0.29, 0.717) is 10.6 Å². The van der Waals surface area contributed by atoms with E-state index < -0.39 is 0 Å². The van der Waals surface area contributed by atoms with Crippen LogP contribution in [-0.4, -0.2) is 16.3 Å². The van der Waals surface area contributed by atoms with Crippen LogP contribution in [0.4, 0.5) is 4.39 Å². The van der Waals surface area contributed by atoms with Crippen LogP contribution in [0, 0.1) is 12.7 Å². The third kappa shape index (κ3) is 3.19. The van der Waals surface area contributed by atoms with Crippen molar-refractivity contribution in [3.8, 4) is 0 Å². The molecule has 108 valence electrons. The van der Waals surface area contributed by atoms with E-state index in [2.05, 4.69) is 17.3 Å². The quantitative estimate of drug-likeness (QED) is 0.913. The number of hydrogen-bond donors (Lipinski definition) is 1. The number of nitrogens with zero attached hydrogens (tertiary/aromatic N) is 2. The largest absolute Gasteiger partial charge is 0.305 e. The highest BCUT2D eigenvalue weighted by Crippen LogP contribution is 2.26. The zero-order valence-corrected chi connectivity index (χ0v) is 12.7. The summed E-state index contributed by atoms with van der Waals surface area (Å²) in [4.78, 5) is 0. The van der Waals surface area contributed by atoms with Gasteiger partial charge in [0.15, 0.2) is 0 Å². The first-order valence-corrected chi connectivity index (χ1v) is 7.09. The highest BCUT2D eigenvalue weighted by molar-refractivity contribution is 6.30. The molecule has 0 aliphatic rings. The molecule has 1 atom stereocenters.